The number of carbonyl (C=O) groups is 2. The van der Waals surface area contributed by atoms with Gasteiger partial charge in [0.05, 0.1) is 17.3 Å². The average molecular weight is 449 g/mol. The lowest BCUT2D eigenvalue weighted by Gasteiger charge is -2.34. The normalized spacial score (nSPS) is 11.7. The lowest BCUT2D eigenvalue weighted by Crippen LogP contribution is -2.44. The first-order valence-corrected chi connectivity index (χ1v) is 10.0. The molecule has 0 aliphatic heterocycles. The zero-order valence-electron chi connectivity index (χ0n) is 17.3. The zero-order valence-corrected chi connectivity index (χ0v) is 18.8. The minimum atomic E-state index is -1.05. The van der Waals surface area contributed by atoms with Crippen molar-refractivity contribution in [3.63, 3.8) is 0 Å². The fourth-order valence-electron chi connectivity index (χ4n) is 3.23. The van der Waals surface area contributed by atoms with Crippen molar-refractivity contribution in [1.82, 2.24) is 19.3 Å². The second-order valence-corrected chi connectivity index (χ2v) is 8.88. The van der Waals surface area contributed by atoms with E-state index in [4.69, 9.17) is 23.2 Å². The van der Waals surface area contributed by atoms with Gasteiger partial charge < -0.3 is 5.11 Å². The molecule has 0 unspecified atom stereocenters. The number of hydrogen-bond donors (Lipinski definition) is 1. The zero-order chi connectivity index (χ0) is 22.4. The minimum Gasteiger partial charge on any atom is -0.465 e. The van der Waals surface area contributed by atoms with E-state index in [0.29, 0.717) is 38.3 Å². The van der Waals surface area contributed by atoms with Crippen molar-refractivity contribution < 1.29 is 14.7 Å². The number of imidazole rings is 1. The summed E-state index contributed by atoms with van der Waals surface area (Å²) in [7, 11) is 0. The minimum absolute atomic E-state index is 0.0788. The van der Waals surface area contributed by atoms with Gasteiger partial charge >= 0.3 is 6.09 Å². The van der Waals surface area contributed by atoms with Crippen LogP contribution in [0.25, 0.3) is 17.0 Å². The highest BCUT2D eigenvalue weighted by Crippen LogP contribution is 2.35. The Balaban J connectivity index is 2.37. The van der Waals surface area contributed by atoms with Gasteiger partial charge in [0, 0.05) is 40.5 Å². The number of halogens is 2. The molecule has 1 amide bonds. The van der Waals surface area contributed by atoms with Crippen LogP contribution in [0.15, 0.2) is 24.4 Å². The lowest BCUT2D eigenvalue weighted by atomic mass is 10.0. The van der Waals surface area contributed by atoms with Crippen molar-refractivity contribution in [1.29, 1.82) is 0 Å². The summed E-state index contributed by atoms with van der Waals surface area (Å²) in [6.45, 7) is 8.76. The van der Waals surface area contributed by atoms with Gasteiger partial charge in [0.2, 0.25) is 5.78 Å². The summed E-state index contributed by atoms with van der Waals surface area (Å²) in [5.41, 5.74) is 2.13. The van der Waals surface area contributed by atoms with Crippen LogP contribution >= 0.6 is 23.2 Å². The first-order chi connectivity index (χ1) is 13.9. The van der Waals surface area contributed by atoms with E-state index < -0.39 is 11.6 Å². The number of rotatable bonds is 4. The number of aryl methyl sites for hydroxylation is 1. The highest BCUT2D eigenvalue weighted by atomic mass is 35.5. The fourth-order valence-corrected chi connectivity index (χ4v) is 3.73. The molecule has 158 valence electrons. The van der Waals surface area contributed by atoms with Crippen LogP contribution in [-0.4, -0.2) is 41.8 Å². The lowest BCUT2D eigenvalue weighted by molar-refractivity contribution is 0.0953. The predicted octanol–water partition coefficient (Wildman–Crippen LogP) is 5.49. The SMILES string of the molecule is CC(=O)c1cn2c(-c3ccc(Cl)cc3Cl)c(CN(C(=O)O)C(C)(C)C)c(C)nc2n1. The highest BCUT2D eigenvalue weighted by Gasteiger charge is 2.29. The van der Waals surface area contributed by atoms with Gasteiger partial charge in [-0.05, 0) is 45.9 Å². The van der Waals surface area contributed by atoms with Gasteiger partial charge in [0.1, 0.15) is 5.69 Å². The Hall–Kier alpha value is -2.64. The number of carbonyl (C=O) groups excluding carboxylic acids is 1. The molecule has 3 aromatic rings. The van der Waals surface area contributed by atoms with Crippen LogP contribution in [0.4, 0.5) is 4.79 Å². The molecule has 0 saturated heterocycles. The maximum absolute atomic E-state index is 12.0. The molecule has 0 saturated carbocycles. The summed E-state index contributed by atoms with van der Waals surface area (Å²) in [4.78, 5) is 34.0. The van der Waals surface area contributed by atoms with E-state index in [0.717, 1.165) is 0 Å². The molecule has 0 spiro atoms. The second-order valence-electron chi connectivity index (χ2n) is 8.04. The molecule has 0 aliphatic carbocycles. The monoisotopic (exact) mass is 448 g/mol. The molecule has 1 aromatic carbocycles. The predicted molar refractivity (Wildman–Crippen MR) is 117 cm³/mol. The number of ketones is 1. The van der Waals surface area contributed by atoms with E-state index in [2.05, 4.69) is 9.97 Å². The smallest absolute Gasteiger partial charge is 0.408 e. The number of Topliss-reactive ketones (excluding diaryl/α,β-unsaturated/α-hetero) is 1. The van der Waals surface area contributed by atoms with E-state index in [9.17, 15) is 14.7 Å². The van der Waals surface area contributed by atoms with Gasteiger partial charge in [0.25, 0.3) is 0 Å². The number of fused-ring (bicyclic) bond motifs is 1. The molecule has 30 heavy (non-hydrogen) atoms. The third-order valence-corrected chi connectivity index (χ3v) is 5.37. The quantitative estimate of drug-likeness (QED) is 0.532. The fraction of sp³-hybridized carbons (Fsp3) is 0.333. The van der Waals surface area contributed by atoms with Crippen LogP contribution in [0.1, 0.15) is 49.4 Å². The van der Waals surface area contributed by atoms with Crippen LogP contribution in [0.2, 0.25) is 10.0 Å². The molecule has 1 N–H and O–H groups in total. The van der Waals surface area contributed by atoms with Gasteiger partial charge in [-0.2, -0.15) is 0 Å². The van der Waals surface area contributed by atoms with Crippen molar-refractivity contribution >= 4 is 40.9 Å². The van der Waals surface area contributed by atoms with Crippen molar-refractivity contribution in [2.75, 3.05) is 0 Å². The molecule has 0 radical (unpaired) electrons. The number of aromatic nitrogens is 3. The van der Waals surface area contributed by atoms with E-state index in [1.165, 1.54) is 11.8 Å². The van der Waals surface area contributed by atoms with Crippen LogP contribution in [0.5, 0.6) is 0 Å². The topological polar surface area (TPSA) is 87.8 Å². The Labute approximate surface area is 184 Å². The molecular weight excluding hydrogens is 427 g/mol. The van der Waals surface area contributed by atoms with Gasteiger partial charge in [-0.1, -0.05) is 23.2 Å². The number of carboxylic acid groups (broad SMARTS) is 1. The second kappa shape index (κ2) is 7.89. The average Bonchev–Trinajstić information content (AvgIpc) is 3.02. The summed E-state index contributed by atoms with van der Waals surface area (Å²) in [6, 6.07) is 5.08. The van der Waals surface area contributed by atoms with E-state index in [-0.39, 0.29) is 18.0 Å². The largest absolute Gasteiger partial charge is 0.465 e. The van der Waals surface area contributed by atoms with Gasteiger partial charge in [0.15, 0.2) is 5.78 Å². The molecule has 0 aliphatic rings. The Kier molecular flexibility index (Phi) is 5.80. The van der Waals surface area contributed by atoms with Crippen molar-refractivity contribution in [2.45, 2.75) is 46.7 Å². The van der Waals surface area contributed by atoms with Crippen molar-refractivity contribution in [3.05, 3.63) is 51.4 Å². The molecule has 0 bridgehead atoms. The number of amides is 1. The van der Waals surface area contributed by atoms with Crippen LogP contribution in [0, 0.1) is 6.92 Å². The van der Waals surface area contributed by atoms with Crippen molar-refractivity contribution in [2.24, 2.45) is 0 Å². The van der Waals surface area contributed by atoms with Crippen LogP contribution < -0.4 is 0 Å². The summed E-state index contributed by atoms with van der Waals surface area (Å²) in [6.07, 6.45) is 0.543. The van der Waals surface area contributed by atoms with E-state index >= 15 is 0 Å². The summed E-state index contributed by atoms with van der Waals surface area (Å²) < 4.78 is 1.68. The Morgan fingerprint density at radius 3 is 2.40 bits per heavy atom. The molecule has 3 rings (SSSR count). The Morgan fingerprint density at radius 1 is 1.20 bits per heavy atom. The molecule has 0 atom stereocenters. The maximum atomic E-state index is 12.0. The Bertz CT molecular complexity index is 1170. The molecule has 9 heteroatoms. The standard InChI is InChI=1S/C21H22Cl2N4O3/c1-11-15(9-27(20(29)30)21(3,4)5)18(14-7-6-13(22)8-16(14)23)26-10-17(12(2)28)25-19(26)24-11/h6-8,10H,9H2,1-5H3,(H,29,30). The third kappa shape index (κ3) is 4.13. The molecule has 7 nitrogen and oxygen atoms in total. The number of nitrogens with zero attached hydrogens (tertiary/aromatic N) is 4. The number of hydrogen-bond acceptors (Lipinski definition) is 4. The Morgan fingerprint density at radius 2 is 1.87 bits per heavy atom. The van der Waals surface area contributed by atoms with Crippen LogP contribution in [0.3, 0.4) is 0 Å². The first kappa shape index (κ1) is 22.1. The molecule has 0 fully saturated rings. The van der Waals surface area contributed by atoms with Gasteiger partial charge in [-0.25, -0.2) is 14.8 Å². The third-order valence-electron chi connectivity index (χ3n) is 4.82. The summed E-state index contributed by atoms with van der Waals surface area (Å²) in [5.74, 6) is 0.134. The molecule has 2 aromatic heterocycles. The summed E-state index contributed by atoms with van der Waals surface area (Å²) in [5, 5.41) is 10.7. The summed E-state index contributed by atoms with van der Waals surface area (Å²) >= 11 is 12.6. The van der Waals surface area contributed by atoms with Crippen LogP contribution in [-0.2, 0) is 6.54 Å². The maximum Gasteiger partial charge on any atom is 0.408 e. The van der Waals surface area contributed by atoms with E-state index in [1.807, 2.05) is 20.8 Å². The first-order valence-electron chi connectivity index (χ1n) is 9.25. The van der Waals surface area contributed by atoms with E-state index in [1.54, 1.807) is 35.7 Å². The van der Waals surface area contributed by atoms with Gasteiger partial charge in [-0.3, -0.25) is 14.1 Å². The van der Waals surface area contributed by atoms with Crippen molar-refractivity contribution in [3.8, 4) is 11.3 Å². The molecule has 2 heterocycles. The molecular formula is C21H22Cl2N4O3. The van der Waals surface area contributed by atoms with Gasteiger partial charge in [-0.15, -0.1) is 0 Å². The number of benzene rings is 1. The highest BCUT2D eigenvalue weighted by molar-refractivity contribution is 6.36.